The molecular weight excluding hydrogens is 724 g/mol. The number of benzene rings is 1. The van der Waals surface area contributed by atoms with E-state index < -0.39 is 22.0 Å². The average Bonchev–Trinajstić information content (AvgIpc) is 3.74. The molecule has 12 nitrogen and oxygen atoms in total. The third-order valence-corrected chi connectivity index (χ3v) is 10.0. The number of carboxylic acid groups (broad SMARTS) is 1. The van der Waals surface area contributed by atoms with E-state index in [0.29, 0.717) is 17.1 Å². The molecule has 1 atom stereocenters. The number of ketones is 2. The first-order chi connectivity index (χ1) is 18.7. The van der Waals surface area contributed by atoms with Crippen molar-refractivity contribution in [1.29, 1.82) is 0 Å². The van der Waals surface area contributed by atoms with E-state index in [2.05, 4.69) is 40.9 Å². The minimum Gasteiger partial charge on any atom is -0.507 e. The number of nitrogens with zero attached hydrogens (tertiary/aromatic N) is 3. The third kappa shape index (κ3) is 8.93. The maximum Gasteiger partial charge on any atom is 0.475 e. The Bertz CT molecular complexity index is 1250. The van der Waals surface area contributed by atoms with Crippen molar-refractivity contribution in [2.75, 3.05) is 53.5 Å². The largest absolute Gasteiger partial charge is 0.507 e. The van der Waals surface area contributed by atoms with Crippen LogP contribution in [0.4, 0.5) is 0 Å². The van der Waals surface area contributed by atoms with Crippen molar-refractivity contribution in [2.24, 2.45) is 0 Å². The lowest BCUT2D eigenvalue weighted by atomic mass is 10.0. The molecular formula is C23H26Br2Cl2N3O9P. The Morgan fingerprint density at radius 3 is 1.90 bits per heavy atom. The quantitative estimate of drug-likeness (QED) is 0.163. The lowest BCUT2D eigenvalue weighted by Crippen LogP contribution is -2.29. The molecule has 3 saturated heterocycles. The van der Waals surface area contributed by atoms with Crippen LogP contribution in [0.5, 0.6) is 5.75 Å². The number of carbonyl (C=O) groups excluding carboxylic acids is 2. The van der Waals surface area contributed by atoms with E-state index in [9.17, 15) is 18.9 Å². The normalized spacial score (nSPS) is 18.8. The predicted octanol–water partition coefficient (Wildman–Crippen LogP) is 3.92. The van der Waals surface area contributed by atoms with Gasteiger partial charge >= 0.3 is 13.8 Å². The molecule has 0 saturated carbocycles. The van der Waals surface area contributed by atoms with E-state index >= 15 is 0 Å². The summed E-state index contributed by atoms with van der Waals surface area (Å²) in [6, 6.07) is 5.81. The molecule has 3 fully saturated rings. The molecule has 17 heteroatoms. The highest BCUT2D eigenvalue weighted by Gasteiger charge is 2.43. The zero-order valence-corrected chi connectivity index (χ0v) is 26.8. The van der Waals surface area contributed by atoms with Crippen LogP contribution < -0.4 is 0 Å². The predicted molar refractivity (Wildman–Crippen MR) is 154 cm³/mol. The summed E-state index contributed by atoms with van der Waals surface area (Å²) < 4.78 is 23.8. The number of carbonyl (C=O) groups is 3. The third-order valence-electron chi connectivity index (χ3n) is 5.55. The zero-order chi connectivity index (χ0) is 29.8. The van der Waals surface area contributed by atoms with Crippen molar-refractivity contribution in [1.82, 2.24) is 14.7 Å². The number of phosphoric acid groups is 1. The van der Waals surface area contributed by atoms with Crippen LogP contribution in [0.1, 0.15) is 10.4 Å². The molecule has 0 bridgehead atoms. The van der Waals surface area contributed by atoms with E-state index in [4.69, 9.17) is 37.9 Å². The minimum absolute atomic E-state index is 0.00546. The number of rotatable bonds is 9. The number of alkyl halides is 4. The summed E-state index contributed by atoms with van der Waals surface area (Å²) in [4.78, 5) is 40.7. The Morgan fingerprint density at radius 2 is 1.50 bits per heavy atom. The maximum atomic E-state index is 12.4. The number of hydrogen-bond donors (Lipinski definition) is 2. The van der Waals surface area contributed by atoms with E-state index in [0.717, 1.165) is 39.3 Å². The lowest BCUT2D eigenvalue weighted by Gasteiger charge is -2.22. The number of carboxylic acids is 1. The Balaban J connectivity index is 0.000000173. The second-order valence-electron chi connectivity index (χ2n) is 8.48. The fourth-order valence-electron chi connectivity index (χ4n) is 3.26. The van der Waals surface area contributed by atoms with Gasteiger partial charge in [-0.1, -0.05) is 51.3 Å². The molecule has 2 N–H and O–H groups in total. The van der Waals surface area contributed by atoms with Crippen LogP contribution >= 0.6 is 62.9 Å². The molecule has 0 spiro atoms. The van der Waals surface area contributed by atoms with Crippen molar-refractivity contribution in [3.63, 3.8) is 0 Å². The van der Waals surface area contributed by atoms with Gasteiger partial charge in [-0.05, 0) is 28.1 Å². The molecule has 0 aromatic heterocycles. The fraction of sp³-hybridized carbons (Fsp3) is 0.435. The Morgan fingerprint density at radius 1 is 1.00 bits per heavy atom. The first kappa shape index (κ1) is 32.9. The number of Topliss-reactive ketones (excluding diaryl/α,β-unsaturated/α-hetero) is 1. The van der Waals surface area contributed by atoms with Crippen molar-refractivity contribution in [2.45, 2.75) is 8.26 Å². The van der Waals surface area contributed by atoms with Crippen LogP contribution in [0.25, 0.3) is 0 Å². The summed E-state index contributed by atoms with van der Waals surface area (Å²) in [5.41, 5.74) is 1.82. The number of phosphoric ester groups is 1. The number of hydrogen-bond acceptors (Lipinski definition) is 11. The van der Waals surface area contributed by atoms with Gasteiger partial charge in [0.05, 0.1) is 5.70 Å². The average molecular weight is 750 g/mol. The van der Waals surface area contributed by atoms with Gasteiger partial charge in [0.15, 0.2) is 5.01 Å². The van der Waals surface area contributed by atoms with Gasteiger partial charge in [0.2, 0.25) is 14.8 Å². The van der Waals surface area contributed by atoms with Crippen LogP contribution in [0.2, 0.25) is 0 Å². The van der Waals surface area contributed by atoms with Gasteiger partial charge in [-0.3, -0.25) is 23.2 Å². The van der Waals surface area contributed by atoms with Crippen molar-refractivity contribution in [3.05, 3.63) is 53.0 Å². The van der Waals surface area contributed by atoms with Crippen LogP contribution in [0.3, 0.4) is 0 Å². The number of allylic oxidation sites excluding steroid dienone is 1. The highest BCUT2D eigenvalue weighted by molar-refractivity contribution is 9.13. The van der Waals surface area contributed by atoms with E-state index in [1.165, 1.54) is 32.4 Å². The summed E-state index contributed by atoms with van der Waals surface area (Å²) >= 11 is 17.0. The van der Waals surface area contributed by atoms with Crippen molar-refractivity contribution < 1.29 is 42.7 Å². The summed E-state index contributed by atoms with van der Waals surface area (Å²) in [5, 5.41) is 16.4. The number of phenols is 1. The molecule has 4 aliphatic rings. The molecule has 3 aliphatic heterocycles. The van der Waals surface area contributed by atoms with Gasteiger partial charge in [-0.2, -0.15) is 0 Å². The fourth-order valence-corrected chi connectivity index (χ4v) is 5.04. The number of aromatic carboxylic acids is 1. The second-order valence-corrected chi connectivity index (χ2v) is 14.7. The highest BCUT2D eigenvalue weighted by atomic mass is 79.9. The maximum absolute atomic E-state index is 12.4. The summed E-state index contributed by atoms with van der Waals surface area (Å²) in [5.74, 6) is -1.26. The van der Waals surface area contributed by atoms with E-state index in [-0.39, 0.29) is 22.9 Å². The molecule has 40 heavy (non-hydrogen) atoms. The lowest BCUT2D eigenvalue weighted by molar-refractivity contribution is -0.117. The topological polar surface area (TPSA) is 145 Å². The molecule has 3 heterocycles. The SMILES string of the molecule is COP(=O)(OC)OC(Br)C(Cl)(Cl)Br.O=C(O)c1ccccc1O.O=C1C=C(N2CC2)C(=O)C(N2CC2)=C1N1CC1. The number of para-hydroxylation sites is 1. The number of halogens is 4. The first-order valence-electron chi connectivity index (χ1n) is 11.6. The standard InChI is InChI=1S/C12H13N3O2.C7H6O3.C4H7Br2Cl2O4P/c16-9-7-8(13-1-2-13)12(17)11(15-5-6-15)10(9)14-3-4-14;8-6-4-2-1-3-5(6)7(9)10;1-10-13(9,11-2)12-3(5)4(6,7)8/h7H,1-6H2;1-4,8H,(H,9,10);3H,1-2H3. The Hall–Kier alpha value is -1.64. The van der Waals surface area contributed by atoms with Crippen LogP contribution in [0.15, 0.2) is 47.4 Å². The van der Waals surface area contributed by atoms with Crippen molar-refractivity contribution >= 4 is 80.4 Å². The monoisotopic (exact) mass is 747 g/mol. The molecule has 1 unspecified atom stereocenters. The minimum atomic E-state index is -3.58. The summed E-state index contributed by atoms with van der Waals surface area (Å²) in [7, 11) is -1.21. The van der Waals surface area contributed by atoms with E-state index in [1.807, 2.05) is 14.7 Å². The molecule has 1 aliphatic carbocycles. The molecule has 1 aromatic rings. The van der Waals surface area contributed by atoms with Crippen LogP contribution in [0, 0.1) is 0 Å². The van der Waals surface area contributed by atoms with Crippen LogP contribution in [-0.4, -0.2) is 104 Å². The van der Waals surface area contributed by atoms with Gasteiger partial charge < -0.3 is 24.9 Å². The highest BCUT2D eigenvalue weighted by Crippen LogP contribution is 2.53. The smallest absolute Gasteiger partial charge is 0.475 e. The number of aromatic hydroxyl groups is 1. The van der Waals surface area contributed by atoms with Gasteiger partial charge in [0, 0.05) is 59.6 Å². The Labute approximate surface area is 257 Å². The molecule has 0 radical (unpaired) electrons. The molecule has 220 valence electrons. The van der Waals surface area contributed by atoms with Gasteiger partial charge in [0.1, 0.15) is 22.7 Å². The molecule has 0 amide bonds. The second kappa shape index (κ2) is 13.6. The molecule has 1 aromatic carbocycles. The molecule has 5 rings (SSSR count). The van der Waals surface area contributed by atoms with Gasteiger partial charge in [-0.25, -0.2) is 9.36 Å². The first-order valence-corrected chi connectivity index (χ1v) is 15.6. The van der Waals surface area contributed by atoms with Crippen LogP contribution in [-0.2, 0) is 27.7 Å². The summed E-state index contributed by atoms with van der Waals surface area (Å²) in [6.07, 6.45) is 1.52. The zero-order valence-electron chi connectivity index (χ0n) is 21.3. The Kier molecular flexibility index (Phi) is 11.1. The van der Waals surface area contributed by atoms with E-state index in [1.54, 1.807) is 12.1 Å². The van der Waals surface area contributed by atoms with Gasteiger partial charge in [0.25, 0.3) is 0 Å². The van der Waals surface area contributed by atoms with Crippen molar-refractivity contribution in [3.8, 4) is 5.75 Å². The van der Waals surface area contributed by atoms with Gasteiger partial charge in [-0.15, -0.1) is 0 Å². The summed E-state index contributed by atoms with van der Waals surface area (Å²) in [6.45, 7) is 5.41.